The summed E-state index contributed by atoms with van der Waals surface area (Å²) in [6.45, 7) is 6.00. The van der Waals surface area contributed by atoms with Crippen LogP contribution in [-0.4, -0.2) is 42.7 Å². The van der Waals surface area contributed by atoms with Gasteiger partial charge in [-0.2, -0.15) is 18.3 Å². The molecule has 0 aliphatic carbocycles. The van der Waals surface area contributed by atoms with Crippen LogP contribution in [0.15, 0.2) is 89.3 Å². The van der Waals surface area contributed by atoms with Crippen molar-refractivity contribution in [3.8, 4) is 17.1 Å². The molecule has 5 rings (SSSR count). The number of benzene rings is 3. The van der Waals surface area contributed by atoms with Crippen molar-refractivity contribution in [2.24, 2.45) is 10.2 Å². The number of para-hydroxylation sites is 1. The quantitative estimate of drug-likeness (QED) is 0.208. The molecule has 1 atom stereocenters. The molecular weight excluding hydrogens is 537 g/mol. The van der Waals surface area contributed by atoms with Gasteiger partial charge in [-0.25, -0.2) is 9.67 Å². The number of rotatable bonds is 6. The Kier molecular flexibility index (Phi) is 7.52. The van der Waals surface area contributed by atoms with E-state index in [-0.39, 0.29) is 5.92 Å². The Bertz CT molecular complexity index is 1540. The third-order valence-corrected chi connectivity index (χ3v) is 7.63. The number of hydrogen-bond acceptors (Lipinski definition) is 6. The molecule has 7 nitrogen and oxygen atoms in total. The van der Waals surface area contributed by atoms with Gasteiger partial charge in [0.2, 0.25) is 0 Å². The van der Waals surface area contributed by atoms with E-state index in [1.54, 1.807) is 13.1 Å². The Labute approximate surface area is 234 Å². The fourth-order valence-electron chi connectivity index (χ4n) is 4.34. The molecule has 1 aliphatic rings. The van der Waals surface area contributed by atoms with Crippen LogP contribution in [0.1, 0.15) is 43.4 Å². The van der Waals surface area contributed by atoms with Crippen LogP contribution in [0.3, 0.4) is 0 Å². The van der Waals surface area contributed by atoms with Crippen LogP contribution < -0.4 is 4.90 Å². The van der Waals surface area contributed by atoms with Gasteiger partial charge in [-0.1, -0.05) is 68.1 Å². The SMILES string of the molecule is CC(C)c1ccccc1N1/C(=N/N=C/c2ccc(-c3ncn(-c4ccc(C(F)(F)F)cc4)n3)cc2)SCC1(C)O. The van der Waals surface area contributed by atoms with Gasteiger partial charge in [-0.3, -0.25) is 4.90 Å². The minimum absolute atomic E-state index is 0.275. The Balaban J connectivity index is 1.31. The maximum absolute atomic E-state index is 12.8. The topological polar surface area (TPSA) is 78.9 Å². The first-order valence-corrected chi connectivity index (χ1v) is 13.6. The van der Waals surface area contributed by atoms with Crippen molar-refractivity contribution in [1.82, 2.24) is 14.8 Å². The molecule has 11 heteroatoms. The average Bonchev–Trinajstić information content (AvgIpc) is 3.53. The van der Waals surface area contributed by atoms with Gasteiger partial charge >= 0.3 is 6.18 Å². The number of thioether (sulfide) groups is 1. The van der Waals surface area contributed by atoms with Crippen molar-refractivity contribution in [3.05, 3.63) is 95.8 Å². The molecule has 1 N–H and O–H groups in total. The van der Waals surface area contributed by atoms with Crippen molar-refractivity contribution in [3.63, 3.8) is 0 Å². The zero-order valence-corrected chi connectivity index (χ0v) is 22.9. The molecule has 0 bridgehead atoms. The summed E-state index contributed by atoms with van der Waals surface area (Å²) in [6, 6.07) is 20.1. The Hall–Kier alpha value is -3.96. The van der Waals surface area contributed by atoms with E-state index in [9.17, 15) is 18.3 Å². The lowest BCUT2D eigenvalue weighted by molar-refractivity contribution is -0.137. The molecule has 206 valence electrons. The van der Waals surface area contributed by atoms with Crippen LogP contribution in [0.4, 0.5) is 18.9 Å². The summed E-state index contributed by atoms with van der Waals surface area (Å²) in [4.78, 5) is 6.13. The van der Waals surface area contributed by atoms with E-state index in [4.69, 9.17) is 0 Å². The summed E-state index contributed by atoms with van der Waals surface area (Å²) in [6.07, 6.45) is -1.30. The maximum atomic E-state index is 12.8. The van der Waals surface area contributed by atoms with Gasteiger partial charge in [0.05, 0.1) is 17.5 Å². The summed E-state index contributed by atoms with van der Waals surface area (Å²) in [7, 11) is 0. The highest BCUT2D eigenvalue weighted by molar-refractivity contribution is 8.14. The van der Waals surface area contributed by atoms with Crippen LogP contribution >= 0.6 is 11.8 Å². The number of aromatic nitrogens is 3. The lowest BCUT2D eigenvalue weighted by atomic mass is 9.99. The fraction of sp³-hybridized carbons (Fsp3) is 0.241. The van der Waals surface area contributed by atoms with Gasteiger partial charge in [-0.15, -0.1) is 10.2 Å². The lowest BCUT2D eigenvalue weighted by Crippen LogP contribution is -2.45. The molecule has 3 aromatic carbocycles. The molecule has 40 heavy (non-hydrogen) atoms. The van der Waals surface area contributed by atoms with Crippen molar-refractivity contribution in [1.29, 1.82) is 0 Å². The number of halogens is 3. The Morgan fingerprint density at radius 2 is 1.73 bits per heavy atom. The lowest BCUT2D eigenvalue weighted by Gasteiger charge is -2.32. The molecule has 4 aromatic rings. The molecule has 1 fully saturated rings. The highest BCUT2D eigenvalue weighted by Crippen LogP contribution is 2.39. The third kappa shape index (κ3) is 5.80. The number of amidine groups is 1. The summed E-state index contributed by atoms with van der Waals surface area (Å²) >= 11 is 1.45. The van der Waals surface area contributed by atoms with Crippen molar-refractivity contribution < 1.29 is 18.3 Å². The van der Waals surface area contributed by atoms with Gasteiger partial charge in [0.25, 0.3) is 0 Å². The second-order valence-electron chi connectivity index (χ2n) is 9.86. The molecule has 1 saturated heterocycles. The average molecular weight is 565 g/mol. The molecule has 0 amide bonds. The number of nitrogens with zero attached hydrogens (tertiary/aromatic N) is 6. The van der Waals surface area contributed by atoms with E-state index in [0.29, 0.717) is 22.4 Å². The first kappa shape index (κ1) is 27.6. The van der Waals surface area contributed by atoms with Gasteiger partial charge < -0.3 is 5.11 Å². The molecule has 0 saturated carbocycles. The predicted octanol–water partition coefficient (Wildman–Crippen LogP) is 6.73. The predicted molar refractivity (Wildman–Crippen MR) is 153 cm³/mol. The van der Waals surface area contributed by atoms with E-state index in [2.05, 4.69) is 40.2 Å². The summed E-state index contributed by atoms with van der Waals surface area (Å²) in [5.74, 6) is 1.18. The van der Waals surface area contributed by atoms with Crippen LogP contribution in [0.2, 0.25) is 0 Å². The van der Waals surface area contributed by atoms with E-state index in [0.717, 1.165) is 34.5 Å². The maximum Gasteiger partial charge on any atom is 0.416 e. The first-order chi connectivity index (χ1) is 19.0. The first-order valence-electron chi connectivity index (χ1n) is 12.6. The minimum atomic E-state index is -4.39. The third-order valence-electron chi connectivity index (χ3n) is 6.42. The van der Waals surface area contributed by atoms with E-state index < -0.39 is 17.5 Å². The number of anilines is 1. The highest BCUT2D eigenvalue weighted by Gasteiger charge is 2.41. The Morgan fingerprint density at radius 1 is 1.02 bits per heavy atom. The molecule has 0 radical (unpaired) electrons. The van der Waals surface area contributed by atoms with Crippen molar-refractivity contribution in [2.45, 2.75) is 38.6 Å². The molecule has 0 spiro atoms. The van der Waals surface area contributed by atoms with Crippen LogP contribution in [0.25, 0.3) is 17.1 Å². The Morgan fingerprint density at radius 3 is 2.40 bits per heavy atom. The molecule has 1 unspecified atom stereocenters. The zero-order valence-electron chi connectivity index (χ0n) is 22.0. The van der Waals surface area contributed by atoms with E-state index >= 15 is 0 Å². The van der Waals surface area contributed by atoms with Crippen molar-refractivity contribution >= 4 is 28.8 Å². The second-order valence-corrected chi connectivity index (χ2v) is 10.8. The van der Waals surface area contributed by atoms with Crippen molar-refractivity contribution in [2.75, 3.05) is 10.7 Å². The normalized spacial score (nSPS) is 18.9. The summed E-state index contributed by atoms with van der Waals surface area (Å²) in [5.41, 5.74) is 2.24. The largest absolute Gasteiger partial charge is 0.416 e. The van der Waals surface area contributed by atoms with Crippen LogP contribution in [0, 0.1) is 0 Å². The van der Waals surface area contributed by atoms with Crippen LogP contribution in [0.5, 0.6) is 0 Å². The molecular formula is C29H27F3N6OS. The van der Waals surface area contributed by atoms with E-state index in [1.165, 1.54) is 34.9 Å². The van der Waals surface area contributed by atoms with Gasteiger partial charge in [-0.05, 0) is 54.3 Å². The smallest absolute Gasteiger partial charge is 0.370 e. The van der Waals surface area contributed by atoms with E-state index in [1.807, 2.05) is 47.4 Å². The zero-order chi connectivity index (χ0) is 28.5. The van der Waals surface area contributed by atoms with Gasteiger partial charge in [0, 0.05) is 17.0 Å². The standard InChI is InChI=1S/C29H27F3N6OS/c1-19(2)24-6-4-5-7-25(24)38-27(40-17-28(38,3)39)35-34-16-20-8-10-21(11-9-20)26-33-18-37(36-26)23-14-12-22(13-15-23)29(30,31)32/h4-16,18-19,39H,17H2,1-3H3/b34-16+,35-27-. The monoisotopic (exact) mass is 564 g/mol. The number of aliphatic hydroxyl groups is 1. The molecule has 1 aromatic heterocycles. The second kappa shape index (κ2) is 10.9. The minimum Gasteiger partial charge on any atom is -0.370 e. The molecule has 1 aliphatic heterocycles. The van der Waals surface area contributed by atoms with Gasteiger partial charge in [0.15, 0.2) is 16.7 Å². The summed E-state index contributed by atoms with van der Waals surface area (Å²) in [5, 5.41) is 24.8. The van der Waals surface area contributed by atoms with Gasteiger partial charge in [0.1, 0.15) is 6.33 Å². The van der Waals surface area contributed by atoms with Crippen LogP contribution in [-0.2, 0) is 6.18 Å². The fourth-order valence-corrected chi connectivity index (χ4v) is 5.40. The summed E-state index contributed by atoms with van der Waals surface area (Å²) < 4.78 is 39.9. The number of alkyl halides is 3. The molecule has 2 heterocycles. The highest BCUT2D eigenvalue weighted by atomic mass is 32.2. The number of hydrogen-bond donors (Lipinski definition) is 1.